The minimum atomic E-state index is -2.08. The summed E-state index contributed by atoms with van der Waals surface area (Å²) >= 11 is 0. The zero-order valence-electron chi connectivity index (χ0n) is 34.1. The van der Waals surface area contributed by atoms with Crippen molar-refractivity contribution >= 4 is 40.1 Å². The van der Waals surface area contributed by atoms with Gasteiger partial charge >= 0.3 is 11.9 Å². The number of ether oxygens (including phenoxy) is 3. The maximum Gasteiger partial charge on any atom is 0.344 e. The van der Waals surface area contributed by atoms with E-state index in [2.05, 4.69) is 5.32 Å². The van der Waals surface area contributed by atoms with E-state index in [1.54, 1.807) is 25.3 Å². The molecule has 14 heteroatoms. The van der Waals surface area contributed by atoms with Crippen LogP contribution in [0, 0.1) is 28.5 Å². The van der Waals surface area contributed by atoms with Crippen LogP contribution in [-0.4, -0.2) is 89.9 Å². The minimum Gasteiger partial charge on any atom is -0.492 e. The Labute approximate surface area is 336 Å². The number of aromatic nitrogens is 1. The number of rotatable bonds is 10. The highest BCUT2D eigenvalue weighted by Crippen LogP contribution is 2.71. The van der Waals surface area contributed by atoms with Gasteiger partial charge in [0.15, 0.2) is 29.6 Å². The molecule has 5 fully saturated rings. The molecule has 58 heavy (non-hydrogen) atoms. The Bertz CT molecular complexity index is 2170. The average molecular weight is 808 g/mol. The number of alkyl halides is 1. The van der Waals surface area contributed by atoms with Crippen LogP contribution in [0.15, 0.2) is 28.7 Å². The molecule has 12 nitrogen and oxygen atoms in total. The first kappa shape index (κ1) is 40.6. The fourth-order valence-corrected chi connectivity index (χ4v) is 11.9. The summed E-state index contributed by atoms with van der Waals surface area (Å²) in [5.41, 5.74) is -6.06. The van der Waals surface area contributed by atoms with Crippen LogP contribution in [0.4, 0.5) is 14.5 Å². The van der Waals surface area contributed by atoms with Crippen LogP contribution >= 0.6 is 0 Å². The van der Waals surface area contributed by atoms with E-state index < -0.39 is 75.6 Å². The number of fused-ring (bicyclic) bond motifs is 6. The van der Waals surface area contributed by atoms with Crippen molar-refractivity contribution in [1.82, 2.24) is 9.88 Å². The van der Waals surface area contributed by atoms with Crippen molar-refractivity contribution in [2.75, 3.05) is 38.3 Å². The van der Waals surface area contributed by atoms with Crippen LogP contribution in [0.3, 0.4) is 0 Å². The molecule has 6 aliphatic rings. The van der Waals surface area contributed by atoms with E-state index in [-0.39, 0.29) is 72.4 Å². The molecule has 4 saturated carbocycles. The summed E-state index contributed by atoms with van der Waals surface area (Å²) in [6.07, 6.45) is 4.82. The number of allylic oxidation sites excluding steroid dienone is 1. The molecule has 1 saturated heterocycles. The second-order valence-corrected chi connectivity index (χ2v) is 18.2. The number of carbonyl (C=O) groups excluding carboxylic acids is 4. The Morgan fingerprint density at radius 2 is 1.83 bits per heavy atom. The van der Waals surface area contributed by atoms with Crippen molar-refractivity contribution in [3.8, 4) is 5.75 Å². The SMILES string of the molecule is CCCC(=O)O[C@]1(C(=O)COC(=O)c2cn(C3CC3)c3c(OC)c(N4CCNC(C)C4)c(F)cc3c2=O)CC[C@H]2[C@@H]3CCC4=CC(=O)CC[C@]4(C)[C@@]3(F)[C@@H](O)C[C@@]21C. The fraction of sp³-hybridized carbons (Fsp3) is 0.659. The van der Waals surface area contributed by atoms with Gasteiger partial charge in [0.1, 0.15) is 16.9 Å². The van der Waals surface area contributed by atoms with Gasteiger partial charge in [-0.25, -0.2) is 13.6 Å². The number of ketones is 2. The maximum absolute atomic E-state index is 17.9. The van der Waals surface area contributed by atoms with Crippen LogP contribution in [0.25, 0.3) is 10.9 Å². The molecule has 8 rings (SSSR count). The number of hydrogen-bond acceptors (Lipinski definition) is 11. The Hall–Kier alpha value is -4.17. The second kappa shape index (κ2) is 14.5. The summed E-state index contributed by atoms with van der Waals surface area (Å²) in [4.78, 5) is 70.3. The summed E-state index contributed by atoms with van der Waals surface area (Å²) in [5, 5.41) is 15.2. The maximum atomic E-state index is 17.9. The largest absolute Gasteiger partial charge is 0.492 e. The highest BCUT2D eigenvalue weighted by Gasteiger charge is 2.75. The number of piperazine rings is 1. The third-order valence-electron chi connectivity index (χ3n) is 14.9. The first-order valence-corrected chi connectivity index (χ1v) is 21.0. The molecule has 1 aliphatic heterocycles. The first-order valence-electron chi connectivity index (χ1n) is 21.0. The van der Waals surface area contributed by atoms with Crippen LogP contribution in [0.2, 0.25) is 0 Å². The molecule has 0 spiro atoms. The van der Waals surface area contributed by atoms with E-state index >= 15 is 8.78 Å². The van der Waals surface area contributed by atoms with E-state index in [0.29, 0.717) is 56.4 Å². The van der Waals surface area contributed by atoms with Crippen LogP contribution in [-0.2, 0) is 23.9 Å². The quantitative estimate of drug-likeness (QED) is 0.285. The Morgan fingerprint density at radius 1 is 1.07 bits per heavy atom. The molecule has 1 aromatic heterocycles. The number of aliphatic hydroxyl groups is 1. The molecule has 0 amide bonds. The van der Waals surface area contributed by atoms with Crippen molar-refractivity contribution in [2.45, 2.75) is 128 Å². The Balaban J connectivity index is 1.11. The average Bonchev–Trinajstić information content (AvgIpc) is 3.99. The van der Waals surface area contributed by atoms with Gasteiger partial charge in [-0.05, 0) is 82.8 Å². The molecule has 2 N–H and O–H groups in total. The molecule has 1 unspecified atom stereocenters. The van der Waals surface area contributed by atoms with E-state index in [4.69, 9.17) is 14.2 Å². The van der Waals surface area contributed by atoms with Gasteiger partial charge in [-0.3, -0.25) is 19.2 Å². The molecule has 2 aromatic rings. The molecule has 314 valence electrons. The zero-order valence-corrected chi connectivity index (χ0v) is 34.1. The van der Waals surface area contributed by atoms with Crippen molar-refractivity contribution in [3.05, 3.63) is 45.5 Å². The Kier molecular flexibility index (Phi) is 10.2. The molecule has 0 radical (unpaired) electrons. The van der Waals surface area contributed by atoms with Gasteiger partial charge in [0, 0.05) is 67.5 Å². The predicted octanol–water partition coefficient (Wildman–Crippen LogP) is 5.69. The molecule has 5 aliphatic carbocycles. The standard InChI is InChI=1S/C44H55F2N3O9/c1-6-7-35(53)58-43(15-13-30-31-11-8-25-18-27(50)12-14-41(25,3)44(31,46)33(51)20-42(30,43)4)34(52)23-57-40(55)29-22-49(26-9-10-26)36-28(38(29)54)19-32(45)37(39(36)56-5)48-17-16-47-24(2)21-48/h18-19,22,24,26,30-31,33,47,51H,6-17,20-21,23H2,1-5H3/t24?,30-,31-,33-,41-,42-,43-,44-/m0/s1. The number of esters is 2. The van der Waals surface area contributed by atoms with Crippen molar-refractivity contribution in [1.29, 1.82) is 0 Å². The van der Waals surface area contributed by atoms with Gasteiger partial charge in [-0.2, -0.15) is 0 Å². The highest BCUT2D eigenvalue weighted by atomic mass is 19.1. The number of methoxy groups -OCH3 is 1. The number of aliphatic hydroxyl groups excluding tert-OH is 1. The van der Waals surface area contributed by atoms with Gasteiger partial charge in [0.25, 0.3) is 0 Å². The zero-order chi connectivity index (χ0) is 41.5. The lowest BCUT2D eigenvalue weighted by Crippen LogP contribution is -2.70. The topological polar surface area (TPSA) is 153 Å². The van der Waals surface area contributed by atoms with Crippen LogP contribution in [0.1, 0.15) is 115 Å². The third-order valence-corrected chi connectivity index (χ3v) is 14.9. The van der Waals surface area contributed by atoms with E-state index in [9.17, 15) is 29.1 Å². The normalized spacial score (nSPS) is 34.4. The number of benzene rings is 1. The number of nitrogens with zero attached hydrogens (tertiary/aromatic N) is 2. The first-order chi connectivity index (χ1) is 27.5. The van der Waals surface area contributed by atoms with Crippen LogP contribution in [0.5, 0.6) is 5.75 Å². The van der Waals surface area contributed by atoms with Gasteiger partial charge in [0.2, 0.25) is 11.2 Å². The molecule has 1 aromatic carbocycles. The number of Topliss-reactive ketones (excluding diaryl/α,β-unsaturated/α-hetero) is 1. The lowest BCUT2D eigenvalue weighted by molar-refractivity contribution is -0.233. The number of halogens is 2. The molecular weight excluding hydrogens is 752 g/mol. The number of anilines is 1. The van der Waals surface area contributed by atoms with Crippen molar-refractivity contribution < 1.29 is 47.3 Å². The smallest absolute Gasteiger partial charge is 0.344 e. The molecule has 0 bridgehead atoms. The highest BCUT2D eigenvalue weighted by molar-refractivity contribution is 5.99. The predicted molar refractivity (Wildman–Crippen MR) is 210 cm³/mol. The lowest BCUT2D eigenvalue weighted by Gasteiger charge is -2.63. The van der Waals surface area contributed by atoms with Gasteiger partial charge in [-0.1, -0.05) is 26.3 Å². The van der Waals surface area contributed by atoms with Gasteiger partial charge < -0.3 is 34.1 Å². The summed E-state index contributed by atoms with van der Waals surface area (Å²) < 4.78 is 53.3. The third kappa shape index (κ3) is 5.97. The van der Waals surface area contributed by atoms with Gasteiger partial charge in [-0.15, -0.1) is 0 Å². The summed E-state index contributed by atoms with van der Waals surface area (Å²) in [7, 11) is 1.43. The lowest BCUT2D eigenvalue weighted by atomic mass is 9.44. The van der Waals surface area contributed by atoms with E-state index in [0.717, 1.165) is 18.9 Å². The second-order valence-electron chi connectivity index (χ2n) is 18.2. The number of carbonyl (C=O) groups is 4. The summed E-state index contributed by atoms with van der Waals surface area (Å²) in [5.74, 6) is -4.12. The van der Waals surface area contributed by atoms with Crippen LogP contribution < -0.4 is 20.4 Å². The minimum absolute atomic E-state index is 0.0159. The monoisotopic (exact) mass is 807 g/mol. The van der Waals surface area contributed by atoms with E-state index in [1.807, 2.05) is 11.8 Å². The molecule has 2 heterocycles. The van der Waals surface area contributed by atoms with E-state index in [1.165, 1.54) is 19.4 Å². The van der Waals surface area contributed by atoms with Crippen molar-refractivity contribution in [3.63, 3.8) is 0 Å². The number of nitrogens with one attached hydrogen (secondary N) is 1. The molecule has 8 atom stereocenters. The molecular formula is C44H55F2N3O9. The Morgan fingerprint density at radius 3 is 2.52 bits per heavy atom. The number of hydrogen-bond donors (Lipinski definition) is 2. The summed E-state index contributed by atoms with van der Waals surface area (Å²) in [6, 6.07) is 1.15. The van der Waals surface area contributed by atoms with Gasteiger partial charge in [0.05, 0.1) is 24.1 Å². The van der Waals surface area contributed by atoms with Crippen molar-refractivity contribution in [2.24, 2.45) is 22.7 Å². The summed E-state index contributed by atoms with van der Waals surface area (Å²) in [6.45, 7) is 8.18. The fourth-order valence-electron chi connectivity index (χ4n) is 11.9. The number of pyridine rings is 1.